The van der Waals surface area contributed by atoms with Crippen LogP contribution in [-0.2, 0) is 11.2 Å². The number of carboxylic acid groups (broad SMARTS) is 1. The van der Waals surface area contributed by atoms with Crippen molar-refractivity contribution in [2.24, 2.45) is 0 Å². The molecular formula is C12H18N2O2S. The average molecular weight is 254 g/mol. The summed E-state index contributed by atoms with van der Waals surface area (Å²) in [6, 6.07) is 0.531. The van der Waals surface area contributed by atoms with Crippen LogP contribution >= 0.6 is 11.8 Å². The Balaban J connectivity index is 2.19. The van der Waals surface area contributed by atoms with Crippen molar-refractivity contribution in [1.29, 1.82) is 0 Å². The van der Waals surface area contributed by atoms with Gasteiger partial charge in [-0.25, -0.2) is 4.98 Å². The van der Waals surface area contributed by atoms with Crippen molar-refractivity contribution in [3.8, 4) is 0 Å². The van der Waals surface area contributed by atoms with E-state index < -0.39 is 5.97 Å². The Kier molecular flexibility index (Phi) is 4.10. The number of aliphatic carboxylic acids is 1. The summed E-state index contributed by atoms with van der Waals surface area (Å²) < 4.78 is 2.26. The topological polar surface area (TPSA) is 55.1 Å². The zero-order valence-corrected chi connectivity index (χ0v) is 10.9. The molecule has 0 bridgehead atoms. The summed E-state index contributed by atoms with van der Waals surface area (Å²) in [7, 11) is 0. The third-order valence-corrected chi connectivity index (χ3v) is 4.17. The van der Waals surface area contributed by atoms with Crippen molar-refractivity contribution < 1.29 is 9.90 Å². The number of imidazole rings is 1. The monoisotopic (exact) mass is 254 g/mol. The van der Waals surface area contributed by atoms with E-state index in [-0.39, 0.29) is 5.75 Å². The Labute approximate surface area is 105 Å². The molecule has 0 aliphatic heterocycles. The number of hydrogen-bond acceptors (Lipinski definition) is 3. The van der Waals surface area contributed by atoms with E-state index >= 15 is 0 Å². The fourth-order valence-corrected chi connectivity index (χ4v) is 3.21. The smallest absolute Gasteiger partial charge is 0.313 e. The van der Waals surface area contributed by atoms with Crippen LogP contribution in [-0.4, -0.2) is 26.4 Å². The fourth-order valence-electron chi connectivity index (χ4n) is 2.42. The van der Waals surface area contributed by atoms with Gasteiger partial charge in [0.25, 0.3) is 0 Å². The Morgan fingerprint density at radius 2 is 2.29 bits per heavy atom. The predicted molar refractivity (Wildman–Crippen MR) is 67.5 cm³/mol. The molecule has 0 radical (unpaired) electrons. The van der Waals surface area contributed by atoms with Gasteiger partial charge in [-0.2, -0.15) is 0 Å². The quantitative estimate of drug-likeness (QED) is 0.821. The number of carboxylic acids is 1. The van der Waals surface area contributed by atoms with Crippen molar-refractivity contribution in [2.45, 2.75) is 50.2 Å². The lowest BCUT2D eigenvalue weighted by Crippen LogP contribution is -2.10. The molecule has 0 atom stereocenters. The summed E-state index contributed by atoms with van der Waals surface area (Å²) >= 11 is 1.33. The average Bonchev–Trinajstić information content (AvgIpc) is 2.94. The second-order valence-electron chi connectivity index (χ2n) is 4.38. The predicted octanol–water partition coefficient (Wildman–Crippen LogP) is 2.74. The SMILES string of the molecule is CCc1cnc(SCC(=O)O)n1C1CCCC1. The molecular weight excluding hydrogens is 236 g/mol. The van der Waals surface area contributed by atoms with E-state index in [1.54, 1.807) is 0 Å². The normalized spacial score (nSPS) is 16.5. The van der Waals surface area contributed by atoms with Crippen LogP contribution < -0.4 is 0 Å². The molecule has 5 heteroatoms. The van der Waals surface area contributed by atoms with Crippen molar-refractivity contribution in [3.05, 3.63) is 11.9 Å². The molecule has 1 fully saturated rings. The largest absolute Gasteiger partial charge is 0.481 e. The first-order chi connectivity index (χ1) is 8.22. The van der Waals surface area contributed by atoms with Crippen molar-refractivity contribution in [2.75, 3.05) is 5.75 Å². The summed E-state index contributed by atoms with van der Waals surface area (Å²) in [6.07, 6.45) is 7.79. The Bertz CT molecular complexity index is 397. The number of thioether (sulfide) groups is 1. The van der Waals surface area contributed by atoms with Crippen LogP contribution in [0.25, 0.3) is 0 Å². The molecule has 0 unspecified atom stereocenters. The fraction of sp³-hybridized carbons (Fsp3) is 0.667. The Morgan fingerprint density at radius 1 is 1.59 bits per heavy atom. The number of nitrogens with zero attached hydrogens (tertiary/aromatic N) is 2. The van der Waals surface area contributed by atoms with Crippen LogP contribution in [0.4, 0.5) is 0 Å². The highest BCUT2D eigenvalue weighted by Gasteiger charge is 2.22. The third kappa shape index (κ3) is 2.83. The summed E-state index contributed by atoms with van der Waals surface area (Å²) in [5.41, 5.74) is 1.23. The first kappa shape index (κ1) is 12.5. The first-order valence-corrected chi connectivity index (χ1v) is 7.11. The number of rotatable bonds is 5. The van der Waals surface area contributed by atoms with Gasteiger partial charge < -0.3 is 9.67 Å². The first-order valence-electron chi connectivity index (χ1n) is 6.13. The van der Waals surface area contributed by atoms with Gasteiger partial charge in [0.2, 0.25) is 0 Å². The maximum Gasteiger partial charge on any atom is 0.313 e. The third-order valence-electron chi connectivity index (χ3n) is 3.22. The number of carbonyl (C=O) groups is 1. The lowest BCUT2D eigenvalue weighted by Gasteiger charge is -2.17. The van der Waals surface area contributed by atoms with Gasteiger partial charge in [-0.1, -0.05) is 31.5 Å². The molecule has 17 heavy (non-hydrogen) atoms. The number of aromatic nitrogens is 2. The van der Waals surface area contributed by atoms with Crippen LogP contribution in [0.15, 0.2) is 11.4 Å². The summed E-state index contributed by atoms with van der Waals surface area (Å²) in [5, 5.41) is 9.61. The lowest BCUT2D eigenvalue weighted by atomic mass is 10.2. The maximum atomic E-state index is 10.6. The summed E-state index contributed by atoms with van der Waals surface area (Å²) in [5.74, 6) is -0.693. The van der Waals surface area contributed by atoms with Crippen LogP contribution in [0.1, 0.15) is 44.3 Å². The number of hydrogen-bond donors (Lipinski definition) is 1. The van der Waals surface area contributed by atoms with Crippen molar-refractivity contribution >= 4 is 17.7 Å². The van der Waals surface area contributed by atoms with Crippen molar-refractivity contribution in [3.63, 3.8) is 0 Å². The molecule has 4 nitrogen and oxygen atoms in total. The highest BCUT2D eigenvalue weighted by atomic mass is 32.2. The molecule has 0 saturated heterocycles. The van der Waals surface area contributed by atoms with Gasteiger partial charge in [-0.3, -0.25) is 4.79 Å². The molecule has 1 aromatic heterocycles. The number of aryl methyl sites for hydroxylation is 1. The van der Waals surface area contributed by atoms with E-state index in [1.165, 1.54) is 43.1 Å². The van der Waals surface area contributed by atoms with Gasteiger partial charge in [0, 0.05) is 17.9 Å². The van der Waals surface area contributed by atoms with E-state index in [1.807, 2.05) is 6.20 Å². The molecule has 2 rings (SSSR count). The van der Waals surface area contributed by atoms with Gasteiger partial charge in [0.1, 0.15) is 0 Å². The van der Waals surface area contributed by atoms with E-state index in [4.69, 9.17) is 5.11 Å². The minimum Gasteiger partial charge on any atom is -0.481 e. The van der Waals surface area contributed by atoms with Crippen LogP contribution in [0, 0.1) is 0 Å². The lowest BCUT2D eigenvalue weighted by molar-refractivity contribution is -0.133. The summed E-state index contributed by atoms with van der Waals surface area (Å²) in [6.45, 7) is 2.12. The zero-order chi connectivity index (χ0) is 12.3. The van der Waals surface area contributed by atoms with Gasteiger partial charge in [-0.15, -0.1) is 0 Å². The molecule has 94 valence electrons. The van der Waals surface area contributed by atoms with E-state index in [2.05, 4.69) is 16.5 Å². The molecule has 1 heterocycles. The zero-order valence-electron chi connectivity index (χ0n) is 10.1. The van der Waals surface area contributed by atoms with Gasteiger partial charge >= 0.3 is 5.97 Å². The molecule has 1 aliphatic carbocycles. The van der Waals surface area contributed by atoms with Crippen LogP contribution in [0.5, 0.6) is 0 Å². The van der Waals surface area contributed by atoms with Gasteiger partial charge in [0.15, 0.2) is 5.16 Å². The molecule has 0 amide bonds. The molecule has 0 aromatic carbocycles. The van der Waals surface area contributed by atoms with Crippen LogP contribution in [0.3, 0.4) is 0 Å². The van der Waals surface area contributed by atoms with E-state index in [0.29, 0.717) is 6.04 Å². The summed E-state index contributed by atoms with van der Waals surface area (Å²) in [4.78, 5) is 15.0. The highest BCUT2D eigenvalue weighted by molar-refractivity contribution is 7.99. The highest BCUT2D eigenvalue weighted by Crippen LogP contribution is 2.34. The molecule has 1 saturated carbocycles. The van der Waals surface area contributed by atoms with E-state index in [0.717, 1.165) is 11.6 Å². The van der Waals surface area contributed by atoms with Crippen molar-refractivity contribution in [1.82, 2.24) is 9.55 Å². The van der Waals surface area contributed by atoms with Gasteiger partial charge in [0.05, 0.1) is 5.75 Å². The minimum atomic E-state index is -0.783. The van der Waals surface area contributed by atoms with Crippen LogP contribution in [0.2, 0.25) is 0 Å². The molecule has 1 N–H and O–H groups in total. The molecule has 1 aromatic rings. The molecule has 0 spiro atoms. The maximum absolute atomic E-state index is 10.6. The second-order valence-corrected chi connectivity index (χ2v) is 5.32. The molecule has 1 aliphatic rings. The standard InChI is InChI=1S/C12H18N2O2S/c1-2-9-7-13-12(17-8-11(15)16)14(9)10-5-3-4-6-10/h7,10H,2-6,8H2,1H3,(H,15,16). The second kappa shape index (κ2) is 5.58. The van der Waals surface area contributed by atoms with E-state index in [9.17, 15) is 4.79 Å². The minimum absolute atomic E-state index is 0.0902. The van der Waals surface area contributed by atoms with Gasteiger partial charge in [-0.05, 0) is 19.3 Å². The Morgan fingerprint density at radius 3 is 2.88 bits per heavy atom. The Hall–Kier alpha value is -0.970.